The van der Waals surface area contributed by atoms with Gasteiger partial charge in [-0.3, -0.25) is 0 Å². The van der Waals surface area contributed by atoms with Crippen LogP contribution in [0, 0.1) is 5.92 Å². The lowest BCUT2D eigenvalue weighted by molar-refractivity contribution is 0.0970. The molecule has 3 heteroatoms. The van der Waals surface area contributed by atoms with Gasteiger partial charge in [0.2, 0.25) is 0 Å². The largest absolute Gasteiger partial charge is 0.393 e. The zero-order valence-corrected chi connectivity index (χ0v) is 9.76. The number of hydrogen-bond donors (Lipinski definition) is 2. The number of benzene rings is 1. The van der Waals surface area contributed by atoms with Gasteiger partial charge in [-0.1, -0.05) is 25.1 Å². The number of aliphatic hydroxyl groups is 1. The van der Waals surface area contributed by atoms with Gasteiger partial charge in [0.1, 0.15) is 0 Å². The molecule has 0 aromatic heterocycles. The van der Waals surface area contributed by atoms with E-state index in [4.69, 9.17) is 5.73 Å². The quantitative estimate of drug-likeness (QED) is 0.791. The molecule has 1 saturated heterocycles. The van der Waals surface area contributed by atoms with E-state index in [1.165, 1.54) is 11.3 Å². The van der Waals surface area contributed by atoms with Crippen molar-refractivity contribution < 1.29 is 5.11 Å². The van der Waals surface area contributed by atoms with Crippen LogP contribution in [0.5, 0.6) is 0 Å². The SMILES string of the molecule is CC1CN(c2ccccc2CN)CCC1O. The predicted octanol–water partition coefficient (Wildman–Crippen LogP) is 1.35. The normalized spacial score (nSPS) is 25.8. The molecule has 3 N–H and O–H groups in total. The van der Waals surface area contributed by atoms with Gasteiger partial charge in [-0.2, -0.15) is 0 Å². The van der Waals surface area contributed by atoms with Crippen molar-refractivity contribution in [3.63, 3.8) is 0 Å². The second-order valence-corrected chi connectivity index (χ2v) is 4.61. The van der Waals surface area contributed by atoms with E-state index in [1.807, 2.05) is 12.1 Å². The summed E-state index contributed by atoms with van der Waals surface area (Å²) in [5, 5.41) is 9.72. The van der Waals surface area contributed by atoms with E-state index in [1.54, 1.807) is 0 Å². The summed E-state index contributed by atoms with van der Waals surface area (Å²) in [7, 11) is 0. The zero-order chi connectivity index (χ0) is 11.5. The van der Waals surface area contributed by atoms with Gasteiger partial charge in [-0.15, -0.1) is 0 Å². The van der Waals surface area contributed by atoms with Crippen molar-refractivity contribution in [2.75, 3.05) is 18.0 Å². The summed E-state index contributed by atoms with van der Waals surface area (Å²) in [6.07, 6.45) is 0.696. The number of aliphatic hydroxyl groups excluding tert-OH is 1. The summed E-state index contributed by atoms with van der Waals surface area (Å²) in [6, 6.07) is 8.26. The Hall–Kier alpha value is -1.06. The monoisotopic (exact) mass is 220 g/mol. The van der Waals surface area contributed by atoms with E-state index in [0.717, 1.165) is 19.5 Å². The fraction of sp³-hybridized carbons (Fsp3) is 0.538. The fourth-order valence-electron chi connectivity index (χ4n) is 2.34. The third kappa shape index (κ3) is 2.20. The molecule has 0 spiro atoms. The van der Waals surface area contributed by atoms with Crippen LogP contribution < -0.4 is 10.6 Å². The average molecular weight is 220 g/mol. The molecule has 1 aromatic carbocycles. The highest BCUT2D eigenvalue weighted by Gasteiger charge is 2.24. The van der Waals surface area contributed by atoms with E-state index < -0.39 is 0 Å². The number of rotatable bonds is 2. The maximum absolute atomic E-state index is 9.72. The topological polar surface area (TPSA) is 49.5 Å². The molecule has 3 nitrogen and oxygen atoms in total. The highest BCUT2D eigenvalue weighted by atomic mass is 16.3. The third-order valence-corrected chi connectivity index (χ3v) is 3.41. The minimum Gasteiger partial charge on any atom is -0.393 e. The van der Waals surface area contributed by atoms with Crippen LogP contribution >= 0.6 is 0 Å². The van der Waals surface area contributed by atoms with Crippen LogP contribution in [0.4, 0.5) is 5.69 Å². The van der Waals surface area contributed by atoms with Crippen LogP contribution in [-0.4, -0.2) is 24.3 Å². The Balaban J connectivity index is 2.18. The molecule has 88 valence electrons. The van der Waals surface area contributed by atoms with Crippen molar-refractivity contribution in [3.05, 3.63) is 29.8 Å². The molecule has 2 atom stereocenters. The maximum atomic E-state index is 9.72. The molecule has 0 bridgehead atoms. The van der Waals surface area contributed by atoms with Crippen molar-refractivity contribution in [3.8, 4) is 0 Å². The van der Waals surface area contributed by atoms with Crippen molar-refractivity contribution in [2.24, 2.45) is 11.7 Å². The fourth-order valence-corrected chi connectivity index (χ4v) is 2.34. The molecule has 0 amide bonds. The van der Waals surface area contributed by atoms with E-state index in [9.17, 15) is 5.11 Å². The summed E-state index contributed by atoms with van der Waals surface area (Å²) in [5.41, 5.74) is 8.16. The molecule has 2 rings (SSSR count). The van der Waals surface area contributed by atoms with Crippen LogP contribution in [-0.2, 0) is 6.54 Å². The first-order valence-corrected chi connectivity index (χ1v) is 5.93. The number of nitrogens with zero attached hydrogens (tertiary/aromatic N) is 1. The van der Waals surface area contributed by atoms with Crippen molar-refractivity contribution in [1.82, 2.24) is 0 Å². The van der Waals surface area contributed by atoms with Gasteiger partial charge in [0.15, 0.2) is 0 Å². The second-order valence-electron chi connectivity index (χ2n) is 4.61. The lowest BCUT2D eigenvalue weighted by atomic mass is 9.95. The lowest BCUT2D eigenvalue weighted by Gasteiger charge is -2.36. The molecule has 0 saturated carbocycles. The highest BCUT2D eigenvalue weighted by Crippen LogP contribution is 2.26. The molecule has 0 radical (unpaired) electrons. The number of piperidine rings is 1. The summed E-state index contributed by atoms with van der Waals surface area (Å²) in [6.45, 7) is 4.51. The van der Waals surface area contributed by atoms with E-state index in [0.29, 0.717) is 12.5 Å². The Morgan fingerprint density at radius 1 is 1.44 bits per heavy atom. The summed E-state index contributed by atoms with van der Waals surface area (Å²) in [5.74, 6) is 0.333. The summed E-state index contributed by atoms with van der Waals surface area (Å²) in [4.78, 5) is 2.33. The van der Waals surface area contributed by atoms with E-state index in [2.05, 4.69) is 24.0 Å². The van der Waals surface area contributed by atoms with Crippen molar-refractivity contribution >= 4 is 5.69 Å². The van der Waals surface area contributed by atoms with E-state index >= 15 is 0 Å². The number of hydrogen-bond acceptors (Lipinski definition) is 3. The van der Waals surface area contributed by atoms with Crippen LogP contribution in [0.25, 0.3) is 0 Å². The van der Waals surface area contributed by atoms with Crippen LogP contribution in [0.2, 0.25) is 0 Å². The standard InChI is InChI=1S/C13H20N2O/c1-10-9-15(7-6-13(10)16)12-5-3-2-4-11(12)8-14/h2-5,10,13,16H,6-9,14H2,1H3. The Kier molecular flexibility index (Phi) is 3.46. The van der Waals surface area contributed by atoms with Crippen molar-refractivity contribution in [2.45, 2.75) is 26.0 Å². The Labute approximate surface area is 96.9 Å². The zero-order valence-electron chi connectivity index (χ0n) is 9.76. The summed E-state index contributed by atoms with van der Waals surface area (Å²) >= 11 is 0. The Morgan fingerprint density at radius 2 is 2.19 bits per heavy atom. The number of anilines is 1. The maximum Gasteiger partial charge on any atom is 0.0599 e. The van der Waals surface area contributed by atoms with Crippen LogP contribution in [0.15, 0.2) is 24.3 Å². The predicted molar refractivity (Wildman–Crippen MR) is 66.3 cm³/mol. The van der Waals surface area contributed by atoms with Crippen LogP contribution in [0.3, 0.4) is 0 Å². The molecule has 1 aliphatic heterocycles. The molecule has 2 unspecified atom stereocenters. The molecular formula is C13H20N2O. The third-order valence-electron chi connectivity index (χ3n) is 3.41. The average Bonchev–Trinajstić information content (AvgIpc) is 2.32. The molecule has 1 fully saturated rings. The van der Waals surface area contributed by atoms with Gasteiger partial charge in [-0.05, 0) is 24.0 Å². The number of nitrogens with two attached hydrogens (primary N) is 1. The van der Waals surface area contributed by atoms with Crippen molar-refractivity contribution in [1.29, 1.82) is 0 Å². The second kappa shape index (κ2) is 4.85. The van der Waals surface area contributed by atoms with Gasteiger partial charge < -0.3 is 15.7 Å². The molecule has 1 aromatic rings. The van der Waals surface area contributed by atoms with Crippen LogP contribution in [0.1, 0.15) is 18.9 Å². The molecule has 1 heterocycles. The smallest absolute Gasteiger partial charge is 0.0599 e. The Bertz CT molecular complexity index is 354. The molecule has 0 aliphatic carbocycles. The molecular weight excluding hydrogens is 200 g/mol. The highest BCUT2D eigenvalue weighted by molar-refractivity contribution is 5.54. The van der Waals surface area contributed by atoms with Gasteiger partial charge in [0, 0.05) is 25.3 Å². The number of para-hydroxylation sites is 1. The van der Waals surface area contributed by atoms with Gasteiger partial charge in [0.25, 0.3) is 0 Å². The summed E-state index contributed by atoms with van der Waals surface area (Å²) < 4.78 is 0. The Morgan fingerprint density at radius 3 is 2.88 bits per heavy atom. The van der Waals surface area contributed by atoms with Gasteiger partial charge in [-0.25, -0.2) is 0 Å². The van der Waals surface area contributed by atoms with E-state index in [-0.39, 0.29) is 6.10 Å². The lowest BCUT2D eigenvalue weighted by Crippen LogP contribution is -2.42. The molecule has 16 heavy (non-hydrogen) atoms. The first-order chi connectivity index (χ1) is 7.72. The minimum absolute atomic E-state index is 0.152. The first kappa shape index (κ1) is 11.4. The minimum atomic E-state index is -0.152. The van der Waals surface area contributed by atoms with Gasteiger partial charge in [0.05, 0.1) is 6.10 Å². The first-order valence-electron chi connectivity index (χ1n) is 5.93. The molecule has 1 aliphatic rings. The van der Waals surface area contributed by atoms with Gasteiger partial charge >= 0.3 is 0 Å².